The summed E-state index contributed by atoms with van der Waals surface area (Å²) in [5.41, 5.74) is 6.60. The molecule has 0 fully saturated rings. The van der Waals surface area contributed by atoms with E-state index in [9.17, 15) is 9.59 Å². The van der Waals surface area contributed by atoms with Crippen LogP contribution in [0.5, 0.6) is 0 Å². The summed E-state index contributed by atoms with van der Waals surface area (Å²) in [5.74, 6) is -0.635. The maximum atomic E-state index is 12.2. The second kappa shape index (κ2) is 8.10. The number of methoxy groups -OCH3 is 1. The Bertz CT molecular complexity index is 730. The van der Waals surface area contributed by atoms with Crippen molar-refractivity contribution >= 4 is 40.9 Å². The first kappa shape index (κ1) is 18.2. The molecular formula is C16H15Cl2N3O3. The smallest absolute Gasteiger partial charge is 0.322 e. The highest BCUT2D eigenvalue weighted by atomic mass is 35.5. The fraction of sp³-hybridized carbons (Fsp3) is 0.188. The number of hydrogen-bond donors (Lipinski definition) is 2. The molecule has 6 nitrogen and oxygen atoms in total. The first-order valence-corrected chi connectivity index (χ1v) is 7.71. The van der Waals surface area contributed by atoms with Crippen LogP contribution in [0.3, 0.4) is 0 Å². The largest absolute Gasteiger partial charge is 0.468 e. The van der Waals surface area contributed by atoms with Gasteiger partial charge in [-0.2, -0.15) is 0 Å². The van der Waals surface area contributed by atoms with Crippen LogP contribution < -0.4 is 11.1 Å². The lowest BCUT2D eigenvalue weighted by Crippen LogP contribution is -2.33. The molecular weight excluding hydrogens is 353 g/mol. The van der Waals surface area contributed by atoms with Crippen LogP contribution in [0.2, 0.25) is 10.0 Å². The topological polar surface area (TPSA) is 94.3 Å². The number of benzene rings is 1. The molecule has 0 aliphatic rings. The molecule has 0 bridgehead atoms. The third kappa shape index (κ3) is 4.44. The summed E-state index contributed by atoms with van der Waals surface area (Å²) in [4.78, 5) is 27.7. The molecule has 0 spiro atoms. The van der Waals surface area contributed by atoms with Crippen molar-refractivity contribution in [3.8, 4) is 0 Å². The number of halogens is 2. The van der Waals surface area contributed by atoms with Crippen molar-refractivity contribution in [1.29, 1.82) is 0 Å². The van der Waals surface area contributed by atoms with Gasteiger partial charge in [-0.05, 0) is 30.2 Å². The third-order valence-electron chi connectivity index (χ3n) is 3.22. The van der Waals surface area contributed by atoms with E-state index in [1.807, 2.05) is 0 Å². The van der Waals surface area contributed by atoms with Gasteiger partial charge in [0, 0.05) is 6.20 Å². The van der Waals surface area contributed by atoms with E-state index in [1.54, 1.807) is 30.3 Å². The van der Waals surface area contributed by atoms with Gasteiger partial charge in [-0.25, -0.2) is 4.98 Å². The molecule has 126 valence electrons. The molecule has 1 aromatic heterocycles. The van der Waals surface area contributed by atoms with Crippen molar-refractivity contribution < 1.29 is 14.3 Å². The summed E-state index contributed by atoms with van der Waals surface area (Å²) in [7, 11) is 1.28. The van der Waals surface area contributed by atoms with Crippen LogP contribution in [-0.2, 0) is 16.0 Å². The van der Waals surface area contributed by atoms with E-state index >= 15 is 0 Å². The molecule has 0 saturated carbocycles. The van der Waals surface area contributed by atoms with Gasteiger partial charge in [0.1, 0.15) is 11.9 Å². The quantitative estimate of drug-likeness (QED) is 0.792. The van der Waals surface area contributed by atoms with E-state index in [-0.39, 0.29) is 22.0 Å². The van der Waals surface area contributed by atoms with Gasteiger partial charge < -0.3 is 15.8 Å². The predicted molar refractivity (Wildman–Crippen MR) is 92.3 cm³/mol. The number of nitrogens with one attached hydrogen (secondary N) is 1. The minimum Gasteiger partial charge on any atom is -0.468 e. The van der Waals surface area contributed by atoms with Crippen LogP contribution in [-0.4, -0.2) is 30.0 Å². The normalized spacial score (nSPS) is 11.7. The zero-order valence-corrected chi connectivity index (χ0v) is 14.3. The number of carbonyl (C=O) groups is 2. The average Bonchev–Trinajstić information content (AvgIpc) is 2.55. The lowest BCUT2D eigenvalue weighted by molar-refractivity contribution is -0.142. The standard InChI is InChI=1S/C16H15Cl2N3O3/c1-24-16(23)12(19)7-9-5-6-13(20-8-9)21-15(22)14-10(17)3-2-4-11(14)18/h2-6,8,12H,7,19H2,1H3,(H,20,21,22)/t12-/m0/s1. The van der Waals surface area contributed by atoms with Gasteiger partial charge in [-0.1, -0.05) is 35.3 Å². The van der Waals surface area contributed by atoms with Gasteiger partial charge in [0.15, 0.2) is 0 Å². The average molecular weight is 368 g/mol. The summed E-state index contributed by atoms with van der Waals surface area (Å²) in [5, 5.41) is 3.11. The first-order chi connectivity index (χ1) is 11.4. The highest BCUT2D eigenvalue weighted by molar-refractivity contribution is 6.40. The van der Waals surface area contributed by atoms with E-state index in [4.69, 9.17) is 28.9 Å². The Balaban J connectivity index is 2.06. The van der Waals surface area contributed by atoms with E-state index in [1.165, 1.54) is 13.3 Å². The predicted octanol–water partition coefficient (Wildman–Crippen LogP) is 2.68. The third-order valence-corrected chi connectivity index (χ3v) is 3.85. The van der Waals surface area contributed by atoms with Crippen LogP contribution in [0, 0.1) is 0 Å². The Labute approximate surface area is 148 Å². The number of ether oxygens (including phenoxy) is 1. The Morgan fingerprint density at radius 1 is 1.25 bits per heavy atom. The fourth-order valence-electron chi connectivity index (χ4n) is 2.00. The van der Waals surface area contributed by atoms with Crippen molar-refractivity contribution in [1.82, 2.24) is 4.98 Å². The Hall–Kier alpha value is -2.15. The maximum absolute atomic E-state index is 12.2. The molecule has 0 saturated heterocycles. The number of anilines is 1. The van der Waals surface area contributed by atoms with Crippen molar-refractivity contribution in [2.75, 3.05) is 12.4 Å². The first-order valence-electron chi connectivity index (χ1n) is 6.96. The summed E-state index contributed by atoms with van der Waals surface area (Å²) in [6.07, 6.45) is 1.80. The Morgan fingerprint density at radius 2 is 1.92 bits per heavy atom. The van der Waals surface area contributed by atoms with Crippen LogP contribution in [0.1, 0.15) is 15.9 Å². The van der Waals surface area contributed by atoms with Gasteiger partial charge in [0.25, 0.3) is 5.91 Å². The summed E-state index contributed by atoms with van der Waals surface area (Å²) in [6, 6.07) is 7.35. The van der Waals surface area contributed by atoms with Crippen molar-refractivity contribution in [3.05, 3.63) is 57.7 Å². The van der Waals surface area contributed by atoms with Gasteiger partial charge in [-0.3, -0.25) is 9.59 Å². The maximum Gasteiger partial charge on any atom is 0.322 e. The molecule has 24 heavy (non-hydrogen) atoms. The van der Waals surface area contributed by atoms with E-state index in [2.05, 4.69) is 15.0 Å². The van der Waals surface area contributed by atoms with Crippen LogP contribution in [0.25, 0.3) is 0 Å². The molecule has 1 atom stereocenters. The monoisotopic (exact) mass is 367 g/mol. The molecule has 3 N–H and O–H groups in total. The highest BCUT2D eigenvalue weighted by Gasteiger charge is 2.16. The Kier molecular flexibility index (Phi) is 6.14. The summed E-state index contributed by atoms with van der Waals surface area (Å²) in [6.45, 7) is 0. The van der Waals surface area contributed by atoms with Crippen molar-refractivity contribution in [2.24, 2.45) is 5.73 Å². The number of hydrogen-bond acceptors (Lipinski definition) is 5. The number of carbonyl (C=O) groups excluding carboxylic acids is 2. The minimum atomic E-state index is -0.765. The van der Waals surface area contributed by atoms with Gasteiger partial charge in [0.05, 0.1) is 22.7 Å². The number of pyridine rings is 1. The number of amides is 1. The molecule has 0 unspecified atom stereocenters. The Morgan fingerprint density at radius 3 is 2.46 bits per heavy atom. The lowest BCUT2D eigenvalue weighted by Gasteiger charge is -2.10. The molecule has 0 aliphatic carbocycles. The summed E-state index contributed by atoms with van der Waals surface area (Å²) < 4.78 is 4.57. The fourth-order valence-corrected chi connectivity index (χ4v) is 2.57. The van der Waals surface area contributed by atoms with E-state index in [0.29, 0.717) is 5.82 Å². The van der Waals surface area contributed by atoms with E-state index < -0.39 is 17.9 Å². The lowest BCUT2D eigenvalue weighted by atomic mass is 10.1. The molecule has 0 aliphatic heterocycles. The van der Waals surface area contributed by atoms with Crippen LogP contribution >= 0.6 is 23.2 Å². The van der Waals surface area contributed by atoms with Crippen LogP contribution in [0.4, 0.5) is 5.82 Å². The zero-order valence-electron chi connectivity index (χ0n) is 12.8. The van der Waals surface area contributed by atoms with Crippen LogP contribution in [0.15, 0.2) is 36.5 Å². The number of nitrogens with two attached hydrogens (primary N) is 1. The van der Waals surface area contributed by atoms with Crippen molar-refractivity contribution in [2.45, 2.75) is 12.5 Å². The second-order valence-corrected chi connectivity index (χ2v) is 5.75. The second-order valence-electron chi connectivity index (χ2n) is 4.94. The van der Waals surface area contributed by atoms with Gasteiger partial charge in [-0.15, -0.1) is 0 Å². The molecule has 1 amide bonds. The van der Waals surface area contributed by atoms with Gasteiger partial charge >= 0.3 is 5.97 Å². The minimum absolute atomic E-state index is 0.180. The molecule has 1 aromatic carbocycles. The molecule has 0 radical (unpaired) electrons. The van der Waals surface area contributed by atoms with Gasteiger partial charge in [0.2, 0.25) is 0 Å². The van der Waals surface area contributed by atoms with E-state index in [0.717, 1.165) is 5.56 Å². The summed E-state index contributed by atoms with van der Waals surface area (Å²) >= 11 is 12.0. The molecule has 2 rings (SSSR count). The number of nitrogens with zero attached hydrogens (tertiary/aromatic N) is 1. The molecule has 1 heterocycles. The molecule has 8 heteroatoms. The molecule has 2 aromatic rings. The zero-order chi connectivity index (χ0) is 17.7. The number of aromatic nitrogens is 1. The SMILES string of the molecule is COC(=O)[C@@H](N)Cc1ccc(NC(=O)c2c(Cl)cccc2Cl)nc1. The highest BCUT2D eigenvalue weighted by Crippen LogP contribution is 2.25. The number of esters is 1. The number of rotatable bonds is 5. The van der Waals surface area contributed by atoms with Crippen molar-refractivity contribution in [3.63, 3.8) is 0 Å².